The van der Waals surface area contributed by atoms with Crippen molar-refractivity contribution in [3.8, 4) is 5.88 Å². The van der Waals surface area contributed by atoms with Crippen molar-refractivity contribution in [2.24, 2.45) is 0 Å². The largest absolute Gasteiger partial charge is 0.477 e. The number of anilines is 1. The summed E-state index contributed by atoms with van der Waals surface area (Å²) in [5.74, 6) is 2.38. The van der Waals surface area contributed by atoms with E-state index in [2.05, 4.69) is 43.0 Å². The second-order valence-corrected chi connectivity index (χ2v) is 5.76. The lowest BCUT2D eigenvalue weighted by atomic mass is 10.1. The molecule has 0 unspecified atom stereocenters. The first kappa shape index (κ1) is 17.7. The Hall–Kier alpha value is -1.36. The molecule has 0 aliphatic rings. The molecule has 0 saturated carbocycles. The molecular weight excluding hydrogens is 266 g/mol. The van der Waals surface area contributed by atoms with Gasteiger partial charge in [-0.2, -0.15) is 4.98 Å². The van der Waals surface area contributed by atoms with Gasteiger partial charge in [-0.1, -0.05) is 6.92 Å². The van der Waals surface area contributed by atoms with E-state index in [0.717, 1.165) is 43.0 Å². The molecule has 0 spiro atoms. The Morgan fingerprint density at radius 1 is 1.19 bits per heavy atom. The number of aromatic nitrogens is 2. The van der Waals surface area contributed by atoms with Gasteiger partial charge in [0.25, 0.3) is 0 Å². The Kier molecular flexibility index (Phi) is 6.89. The third-order valence-electron chi connectivity index (χ3n) is 3.46. The summed E-state index contributed by atoms with van der Waals surface area (Å²) in [7, 11) is 1.72. The fourth-order valence-corrected chi connectivity index (χ4v) is 1.85. The van der Waals surface area contributed by atoms with Crippen LogP contribution in [0, 0.1) is 6.92 Å². The number of hydrogen-bond donors (Lipinski definition) is 1. The third-order valence-corrected chi connectivity index (χ3v) is 3.46. The van der Waals surface area contributed by atoms with E-state index in [1.165, 1.54) is 0 Å². The summed E-state index contributed by atoms with van der Waals surface area (Å²) in [6.45, 7) is 11.7. The molecule has 0 fully saturated rings. The van der Waals surface area contributed by atoms with Crippen molar-refractivity contribution in [3.05, 3.63) is 11.4 Å². The zero-order valence-corrected chi connectivity index (χ0v) is 14.2. The van der Waals surface area contributed by atoms with E-state index in [4.69, 9.17) is 9.47 Å². The first-order valence-electron chi connectivity index (χ1n) is 7.72. The van der Waals surface area contributed by atoms with Crippen LogP contribution >= 0.6 is 0 Å². The molecule has 0 atom stereocenters. The van der Waals surface area contributed by atoms with Crippen molar-refractivity contribution in [2.75, 3.05) is 25.6 Å². The van der Waals surface area contributed by atoms with Crippen molar-refractivity contribution >= 4 is 5.82 Å². The van der Waals surface area contributed by atoms with Crippen molar-refractivity contribution in [1.29, 1.82) is 0 Å². The normalized spacial score (nSPS) is 11.5. The maximum Gasteiger partial charge on any atom is 0.221 e. The average Bonchev–Trinajstić information content (AvgIpc) is 2.44. The molecule has 0 radical (unpaired) electrons. The molecule has 21 heavy (non-hydrogen) atoms. The van der Waals surface area contributed by atoms with E-state index >= 15 is 0 Å². The lowest BCUT2D eigenvalue weighted by Crippen LogP contribution is -2.25. The smallest absolute Gasteiger partial charge is 0.221 e. The van der Waals surface area contributed by atoms with Crippen LogP contribution in [0.1, 0.15) is 51.9 Å². The summed E-state index contributed by atoms with van der Waals surface area (Å²) >= 11 is 0. The third kappa shape index (κ3) is 5.50. The molecule has 1 rings (SSSR count). The van der Waals surface area contributed by atoms with Gasteiger partial charge < -0.3 is 14.8 Å². The van der Waals surface area contributed by atoms with Crippen LogP contribution in [0.2, 0.25) is 0 Å². The highest BCUT2D eigenvalue weighted by Crippen LogP contribution is 2.23. The van der Waals surface area contributed by atoms with Gasteiger partial charge in [0.05, 0.1) is 17.8 Å². The highest BCUT2D eigenvalue weighted by Gasteiger charge is 2.17. The van der Waals surface area contributed by atoms with Gasteiger partial charge in [-0.3, -0.25) is 0 Å². The number of methoxy groups -OCH3 is 1. The van der Waals surface area contributed by atoms with E-state index in [-0.39, 0.29) is 5.60 Å². The minimum atomic E-state index is -0.183. The van der Waals surface area contributed by atoms with Crippen LogP contribution in [-0.2, 0) is 11.2 Å². The van der Waals surface area contributed by atoms with Gasteiger partial charge in [-0.15, -0.1) is 0 Å². The molecule has 0 amide bonds. The minimum Gasteiger partial charge on any atom is -0.477 e. The molecule has 5 nitrogen and oxygen atoms in total. The summed E-state index contributed by atoms with van der Waals surface area (Å²) < 4.78 is 11.3. The topological polar surface area (TPSA) is 56.3 Å². The van der Waals surface area contributed by atoms with E-state index < -0.39 is 0 Å². The Labute approximate surface area is 128 Å². The number of nitrogens with one attached hydrogen (secondary N) is 1. The van der Waals surface area contributed by atoms with Gasteiger partial charge in [0.1, 0.15) is 11.6 Å². The summed E-state index contributed by atoms with van der Waals surface area (Å²) in [4.78, 5) is 9.09. The molecular formula is C16H29N3O2. The Morgan fingerprint density at radius 2 is 1.90 bits per heavy atom. The fourth-order valence-electron chi connectivity index (χ4n) is 1.85. The van der Waals surface area contributed by atoms with Crippen LogP contribution in [0.4, 0.5) is 5.82 Å². The average molecular weight is 295 g/mol. The van der Waals surface area contributed by atoms with Crippen molar-refractivity contribution < 1.29 is 9.47 Å². The molecule has 0 aromatic carbocycles. The summed E-state index contributed by atoms with van der Waals surface area (Å²) in [6.07, 6.45) is 2.69. The number of aryl methyl sites for hydroxylation is 1. The lowest BCUT2D eigenvalue weighted by molar-refractivity contribution is 0.00500. The SMILES string of the molecule is CCCc1nc(NCC)c(C)c(OCCC(C)(C)OC)n1. The molecule has 120 valence electrons. The fraction of sp³-hybridized carbons (Fsp3) is 0.750. The summed E-state index contributed by atoms with van der Waals surface area (Å²) in [5, 5.41) is 3.28. The van der Waals surface area contributed by atoms with Gasteiger partial charge in [0.15, 0.2) is 0 Å². The second-order valence-electron chi connectivity index (χ2n) is 5.76. The van der Waals surface area contributed by atoms with Crippen LogP contribution in [-0.4, -0.2) is 35.8 Å². The van der Waals surface area contributed by atoms with Gasteiger partial charge in [-0.25, -0.2) is 4.98 Å². The van der Waals surface area contributed by atoms with Gasteiger partial charge >= 0.3 is 0 Å². The van der Waals surface area contributed by atoms with E-state index in [0.29, 0.717) is 12.5 Å². The summed E-state index contributed by atoms with van der Waals surface area (Å²) in [5.41, 5.74) is 0.782. The molecule has 1 aromatic rings. The standard InChI is InChI=1S/C16H29N3O2/c1-7-9-13-18-14(17-8-2)12(3)15(19-13)21-11-10-16(4,5)20-6/h7-11H2,1-6H3,(H,17,18,19). The van der Waals surface area contributed by atoms with Crippen LogP contribution in [0.3, 0.4) is 0 Å². The number of rotatable bonds is 9. The Balaban J connectivity index is 2.84. The van der Waals surface area contributed by atoms with Crippen LogP contribution in [0.15, 0.2) is 0 Å². The number of nitrogens with zero attached hydrogens (tertiary/aromatic N) is 2. The summed E-state index contributed by atoms with van der Waals surface area (Å²) in [6, 6.07) is 0. The van der Waals surface area contributed by atoms with Gasteiger partial charge in [0, 0.05) is 26.5 Å². The number of hydrogen-bond acceptors (Lipinski definition) is 5. The predicted molar refractivity (Wildman–Crippen MR) is 86.1 cm³/mol. The van der Waals surface area contributed by atoms with Gasteiger partial charge in [-0.05, 0) is 34.1 Å². The van der Waals surface area contributed by atoms with Crippen molar-refractivity contribution in [3.63, 3.8) is 0 Å². The molecule has 1 heterocycles. The Bertz CT molecular complexity index is 447. The van der Waals surface area contributed by atoms with E-state index in [1.54, 1.807) is 7.11 Å². The molecule has 1 aromatic heterocycles. The van der Waals surface area contributed by atoms with Crippen LogP contribution < -0.4 is 10.1 Å². The van der Waals surface area contributed by atoms with Crippen molar-refractivity contribution in [1.82, 2.24) is 9.97 Å². The van der Waals surface area contributed by atoms with Crippen molar-refractivity contribution in [2.45, 2.75) is 59.5 Å². The molecule has 1 N–H and O–H groups in total. The molecule has 0 saturated heterocycles. The predicted octanol–water partition coefficient (Wildman–Crippen LogP) is 3.36. The minimum absolute atomic E-state index is 0.183. The first-order valence-corrected chi connectivity index (χ1v) is 7.72. The second kappa shape index (κ2) is 8.17. The van der Waals surface area contributed by atoms with Gasteiger partial charge in [0.2, 0.25) is 5.88 Å². The number of ether oxygens (including phenoxy) is 2. The molecule has 0 bridgehead atoms. The van der Waals surface area contributed by atoms with E-state index in [1.807, 2.05) is 6.92 Å². The molecule has 0 aliphatic heterocycles. The van der Waals surface area contributed by atoms with Crippen LogP contribution in [0.5, 0.6) is 5.88 Å². The molecule has 0 aliphatic carbocycles. The molecule has 5 heteroatoms. The zero-order valence-electron chi connectivity index (χ0n) is 14.2. The monoisotopic (exact) mass is 295 g/mol. The van der Waals surface area contributed by atoms with E-state index in [9.17, 15) is 0 Å². The maximum absolute atomic E-state index is 5.88. The highest BCUT2D eigenvalue weighted by molar-refractivity contribution is 5.48. The lowest BCUT2D eigenvalue weighted by Gasteiger charge is -2.23. The van der Waals surface area contributed by atoms with Crippen LogP contribution in [0.25, 0.3) is 0 Å². The quantitative estimate of drug-likeness (QED) is 0.757. The first-order chi connectivity index (χ1) is 9.93. The Morgan fingerprint density at radius 3 is 2.48 bits per heavy atom. The maximum atomic E-state index is 5.88. The zero-order chi connectivity index (χ0) is 15.9. The highest BCUT2D eigenvalue weighted by atomic mass is 16.5.